The number of fused-ring (bicyclic) bond motifs is 3. The van der Waals surface area contributed by atoms with Crippen LogP contribution in [0.5, 0.6) is 5.75 Å². The molecule has 0 atom stereocenters. The molecule has 0 saturated carbocycles. The highest BCUT2D eigenvalue weighted by Gasteiger charge is 2.15. The quantitative estimate of drug-likeness (QED) is 0.781. The third-order valence-corrected chi connectivity index (χ3v) is 4.98. The SMILES string of the molecule is COc1ccc(CNC(=O)c2ccc3c(c2)nc2n3CCCCC2)cc1. The zero-order chi connectivity index (χ0) is 17.9. The van der Waals surface area contributed by atoms with Gasteiger partial charge in [0, 0.05) is 25.1 Å². The number of benzene rings is 2. The molecule has 0 aliphatic carbocycles. The van der Waals surface area contributed by atoms with Gasteiger partial charge >= 0.3 is 0 Å². The number of nitrogens with zero attached hydrogens (tertiary/aromatic N) is 2. The summed E-state index contributed by atoms with van der Waals surface area (Å²) in [7, 11) is 1.64. The van der Waals surface area contributed by atoms with Crippen molar-refractivity contribution in [2.45, 2.75) is 38.8 Å². The lowest BCUT2D eigenvalue weighted by Crippen LogP contribution is -2.22. The summed E-state index contributed by atoms with van der Waals surface area (Å²) in [6.07, 6.45) is 4.67. The van der Waals surface area contributed by atoms with Crippen LogP contribution in [0.15, 0.2) is 42.5 Å². The Balaban J connectivity index is 1.49. The van der Waals surface area contributed by atoms with Gasteiger partial charge in [0.1, 0.15) is 11.6 Å². The molecular formula is C21H23N3O2. The topological polar surface area (TPSA) is 56.1 Å². The fraction of sp³-hybridized carbons (Fsp3) is 0.333. The van der Waals surface area contributed by atoms with E-state index < -0.39 is 0 Å². The Labute approximate surface area is 153 Å². The maximum Gasteiger partial charge on any atom is 0.251 e. The average Bonchev–Trinajstić information content (AvgIpc) is 2.86. The van der Waals surface area contributed by atoms with E-state index in [2.05, 4.69) is 9.88 Å². The largest absolute Gasteiger partial charge is 0.497 e. The van der Waals surface area contributed by atoms with Gasteiger partial charge < -0.3 is 14.6 Å². The predicted molar refractivity (Wildman–Crippen MR) is 101 cm³/mol. The molecule has 0 spiro atoms. The molecule has 0 unspecified atom stereocenters. The van der Waals surface area contributed by atoms with Gasteiger partial charge in [0.25, 0.3) is 5.91 Å². The van der Waals surface area contributed by atoms with Crippen LogP contribution in [0.1, 0.15) is 41.0 Å². The Morgan fingerprint density at radius 1 is 1.15 bits per heavy atom. The number of methoxy groups -OCH3 is 1. The van der Waals surface area contributed by atoms with Crippen LogP contribution in [-0.4, -0.2) is 22.6 Å². The molecule has 4 rings (SSSR count). The molecule has 1 N–H and O–H groups in total. The first-order valence-electron chi connectivity index (χ1n) is 9.15. The van der Waals surface area contributed by atoms with Crippen molar-refractivity contribution >= 4 is 16.9 Å². The number of carbonyl (C=O) groups is 1. The molecule has 3 aromatic rings. The van der Waals surface area contributed by atoms with E-state index in [4.69, 9.17) is 9.72 Å². The van der Waals surface area contributed by atoms with Gasteiger partial charge in [-0.1, -0.05) is 18.6 Å². The maximum atomic E-state index is 12.5. The van der Waals surface area contributed by atoms with Crippen molar-refractivity contribution in [1.29, 1.82) is 0 Å². The molecule has 0 radical (unpaired) electrons. The van der Waals surface area contributed by atoms with Gasteiger partial charge in [0.15, 0.2) is 0 Å². The highest BCUT2D eigenvalue weighted by atomic mass is 16.5. The Hall–Kier alpha value is -2.82. The molecule has 1 amide bonds. The number of aromatic nitrogens is 2. The number of nitrogens with one attached hydrogen (secondary N) is 1. The number of rotatable bonds is 4. The molecule has 5 nitrogen and oxygen atoms in total. The molecular weight excluding hydrogens is 326 g/mol. The van der Waals surface area contributed by atoms with Gasteiger partial charge in [-0.2, -0.15) is 0 Å². The zero-order valence-electron chi connectivity index (χ0n) is 15.0. The second kappa shape index (κ2) is 7.20. The highest BCUT2D eigenvalue weighted by molar-refractivity contribution is 5.97. The molecule has 2 aromatic carbocycles. The number of hydrogen-bond acceptors (Lipinski definition) is 3. The second-order valence-electron chi connectivity index (χ2n) is 6.72. The lowest BCUT2D eigenvalue weighted by molar-refractivity contribution is 0.0951. The fourth-order valence-electron chi connectivity index (χ4n) is 3.52. The predicted octanol–water partition coefficient (Wildman–Crippen LogP) is 3.70. The summed E-state index contributed by atoms with van der Waals surface area (Å²) < 4.78 is 7.46. The molecule has 1 aromatic heterocycles. The van der Waals surface area contributed by atoms with E-state index in [0.717, 1.165) is 41.1 Å². The van der Waals surface area contributed by atoms with Crippen molar-refractivity contribution < 1.29 is 9.53 Å². The molecule has 1 aliphatic rings. The van der Waals surface area contributed by atoms with Crippen molar-refractivity contribution in [2.24, 2.45) is 0 Å². The lowest BCUT2D eigenvalue weighted by atomic mass is 10.1. The summed E-state index contributed by atoms with van der Waals surface area (Å²) in [5.74, 6) is 1.88. The first-order chi connectivity index (χ1) is 12.7. The monoisotopic (exact) mass is 349 g/mol. The minimum absolute atomic E-state index is 0.0779. The molecule has 1 aliphatic heterocycles. The van der Waals surface area contributed by atoms with E-state index >= 15 is 0 Å². The van der Waals surface area contributed by atoms with E-state index in [9.17, 15) is 4.79 Å². The summed E-state index contributed by atoms with van der Waals surface area (Å²) in [4.78, 5) is 17.3. The van der Waals surface area contributed by atoms with Gasteiger partial charge in [0.05, 0.1) is 18.1 Å². The summed E-state index contributed by atoms with van der Waals surface area (Å²) >= 11 is 0. The molecule has 26 heavy (non-hydrogen) atoms. The number of amides is 1. The summed E-state index contributed by atoms with van der Waals surface area (Å²) in [6, 6.07) is 13.5. The van der Waals surface area contributed by atoms with Crippen LogP contribution in [-0.2, 0) is 19.5 Å². The Morgan fingerprint density at radius 3 is 2.81 bits per heavy atom. The van der Waals surface area contributed by atoms with Gasteiger partial charge in [-0.3, -0.25) is 4.79 Å². The van der Waals surface area contributed by atoms with E-state index in [1.54, 1.807) is 7.11 Å². The second-order valence-corrected chi connectivity index (χ2v) is 6.72. The zero-order valence-corrected chi connectivity index (χ0v) is 15.0. The van der Waals surface area contributed by atoms with Crippen molar-refractivity contribution in [3.63, 3.8) is 0 Å². The standard InChI is InChI=1S/C21H23N3O2/c1-26-17-9-6-15(7-10-17)14-22-21(25)16-8-11-19-18(13-16)23-20-5-3-2-4-12-24(19)20/h6-11,13H,2-5,12,14H2,1H3,(H,22,25). The molecule has 134 valence electrons. The summed E-state index contributed by atoms with van der Waals surface area (Å²) in [5.41, 5.74) is 3.74. The van der Waals surface area contributed by atoms with E-state index in [-0.39, 0.29) is 5.91 Å². The number of aryl methyl sites for hydroxylation is 2. The van der Waals surface area contributed by atoms with Crippen molar-refractivity contribution in [2.75, 3.05) is 7.11 Å². The molecule has 0 bridgehead atoms. The van der Waals surface area contributed by atoms with Crippen LogP contribution in [0.3, 0.4) is 0 Å². The molecule has 0 saturated heterocycles. The van der Waals surface area contributed by atoms with Crippen LogP contribution in [0.4, 0.5) is 0 Å². The van der Waals surface area contributed by atoms with Crippen molar-refractivity contribution in [3.05, 3.63) is 59.4 Å². The Bertz CT molecular complexity index is 928. The van der Waals surface area contributed by atoms with Crippen LogP contribution < -0.4 is 10.1 Å². The number of carbonyl (C=O) groups excluding carboxylic acids is 1. The van der Waals surface area contributed by atoms with Crippen molar-refractivity contribution in [3.8, 4) is 5.75 Å². The van der Waals surface area contributed by atoms with Gasteiger partial charge in [0.2, 0.25) is 0 Å². The molecule has 0 fully saturated rings. The van der Waals surface area contributed by atoms with E-state index in [1.807, 2.05) is 42.5 Å². The summed E-state index contributed by atoms with van der Waals surface area (Å²) in [6.45, 7) is 1.51. The van der Waals surface area contributed by atoms with Crippen molar-refractivity contribution in [1.82, 2.24) is 14.9 Å². The average molecular weight is 349 g/mol. The van der Waals surface area contributed by atoms with Crippen LogP contribution in [0, 0.1) is 0 Å². The lowest BCUT2D eigenvalue weighted by Gasteiger charge is -2.07. The number of hydrogen-bond donors (Lipinski definition) is 1. The summed E-state index contributed by atoms with van der Waals surface area (Å²) in [5, 5.41) is 2.97. The van der Waals surface area contributed by atoms with Gasteiger partial charge in [-0.05, 0) is 48.7 Å². The molecule has 5 heteroatoms. The first kappa shape index (κ1) is 16.6. The number of ether oxygens (including phenoxy) is 1. The smallest absolute Gasteiger partial charge is 0.251 e. The fourth-order valence-corrected chi connectivity index (χ4v) is 3.52. The maximum absolute atomic E-state index is 12.5. The van der Waals surface area contributed by atoms with Crippen LogP contribution in [0.25, 0.3) is 11.0 Å². The molecule has 2 heterocycles. The highest BCUT2D eigenvalue weighted by Crippen LogP contribution is 2.23. The van der Waals surface area contributed by atoms with E-state index in [1.165, 1.54) is 19.3 Å². The van der Waals surface area contributed by atoms with Gasteiger partial charge in [-0.25, -0.2) is 4.98 Å². The Morgan fingerprint density at radius 2 is 2.00 bits per heavy atom. The Kier molecular flexibility index (Phi) is 4.61. The first-order valence-corrected chi connectivity index (χ1v) is 9.15. The number of imidazole rings is 1. The van der Waals surface area contributed by atoms with Gasteiger partial charge in [-0.15, -0.1) is 0 Å². The minimum atomic E-state index is -0.0779. The van der Waals surface area contributed by atoms with Crippen LogP contribution >= 0.6 is 0 Å². The van der Waals surface area contributed by atoms with E-state index in [0.29, 0.717) is 12.1 Å². The van der Waals surface area contributed by atoms with Crippen LogP contribution in [0.2, 0.25) is 0 Å². The third-order valence-electron chi connectivity index (χ3n) is 4.98. The normalized spacial score (nSPS) is 13.9. The third kappa shape index (κ3) is 3.29. The minimum Gasteiger partial charge on any atom is -0.497 e.